The van der Waals surface area contributed by atoms with E-state index in [2.05, 4.69) is 4.72 Å². The number of nitrogens with zero attached hydrogens (tertiary/aromatic N) is 2. The fraction of sp³-hybridized carbons (Fsp3) is 0.462. The van der Waals surface area contributed by atoms with E-state index in [4.69, 9.17) is 0 Å². The van der Waals surface area contributed by atoms with Gasteiger partial charge < -0.3 is 9.80 Å². The summed E-state index contributed by atoms with van der Waals surface area (Å²) >= 11 is 0. The molecule has 0 aromatic heterocycles. The second kappa shape index (κ2) is 10.2. The van der Waals surface area contributed by atoms with Gasteiger partial charge in [0.1, 0.15) is 0 Å². The van der Waals surface area contributed by atoms with Crippen LogP contribution in [0.1, 0.15) is 53.6 Å². The molecule has 0 bridgehead atoms. The summed E-state index contributed by atoms with van der Waals surface area (Å²) < 4.78 is 28.6. The average molecular weight is 484 g/mol. The van der Waals surface area contributed by atoms with Crippen molar-refractivity contribution < 1.29 is 18.0 Å². The van der Waals surface area contributed by atoms with E-state index in [0.29, 0.717) is 37.2 Å². The molecule has 8 heteroatoms. The molecule has 0 atom stereocenters. The number of hydrogen-bond donors (Lipinski definition) is 1. The molecular weight excluding hydrogens is 450 g/mol. The second-order valence-corrected chi connectivity index (χ2v) is 11.0. The van der Waals surface area contributed by atoms with E-state index in [1.165, 1.54) is 18.6 Å². The third kappa shape index (κ3) is 5.27. The van der Waals surface area contributed by atoms with Crippen molar-refractivity contribution >= 4 is 27.5 Å². The number of anilines is 1. The smallest absolute Gasteiger partial charge is 0.261 e. The summed E-state index contributed by atoms with van der Waals surface area (Å²) in [6.45, 7) is 6.33. The highest BCUT2D eigenvalue weighted by Gasteiger charge is 2.31. The highest BCUT2D eigenvalue weighted by atomic mass is 32.2. The first-order chi connectivity index (χ1) is 16.3. The minimum Gasteiger partial charge on any atom is -0.342 e. The van der Waals surface area contributed by atoms with Crippen LogP contribution in [0.3, 0.4) is 0 Å². The van der Waals surface area contributed by atoms with Crippen LogP contribution < -0.4 is 4.72 Å². The Balaban J connectivity index is 1.45. The molecule has 182 valence electrons. The van der Waals surface area contributed by atoms with Crippen LogP contribution in [0.5, 0.6) is 0 Å². The molecule has 0 radical (unpaired) electrons. The SMILES string of the molecule is Cc1ccccc1NS(=O)(=O)c1ccc(C)c(C(=O)N2CCC(C(=O)N3CCCCC3)CC2)c1. The normalized spacial score (nSPS) is 17.5. The summed E-state index contributed by atoms with van der Waals surface area (Å²) in [5.74, 6) is 0.000865. The fourth-order valence-corrected chi connectivity index (χ4v) is 5.92. The highest BCUT2D eigenvalue weighted by Crippen LogP contribution is 2.26. The van der Waals surface area contributed by atoms with Crippen LogP contribution in [0.25, 0.3) is 0 Å². The van der Waals surface area contributed by atoms with Crippen molar-refractivity contribution in [3.8, 4) is 0 Å². The lowest BCUT2D eigenvalue weighted by atomic mass is 9.93. The van der Waals surface area contributed by atoms with Crippen molar-refractivity contribution in [3.63, 3.8) is 0 Å². The Morgan fingerprint density at radius 2 is 1.53 bits per heavy atom. The Bertz CT molecular complexity index is 1160. The Labute approximate surface area is 202 Å². The zero-order valence-electron chi connectivity index (χ0n) is 19.9. The van der Waals surface area contributed by atoms with Gasteiger partial charge >= 0.3 is 0 Å². The molecule has 2 amide bonds. The zero-order valence-corrected chi connectivity index (χ0v) is 20.7. The summed E-state index contributed by atoms with van der Waals surface area (Å²) in [4.78, 5) is 29.9. The number of amides is 2. The van der Waals surface area contributed by atoms with Crippen LogP contribution in [0.15, 0.2) is 47.4 Å². The second-order valence-electron chi connectivity index (χ2n) is 9.35. The molecule has 2 saturated heterocycles. The molecule has 2 aliphatic heterocycles. The largest absolute Gasteiger partial charge is 0.342 e. The quantitative estimate of drug-likeness (QED) is 0.697. The van der Waals surface area contributed by atoms with E-state index < -0.39 is 10.0 Å². The number of sulfonamides is 1. The lowest BCUT2D eigenvalue weighted by Crippen LogP contribution is -2.45. The Kier molecular flexibility index (Phi) is 7.26. The van der Waals surface area contributed by atoms with Gasteiger partial charge in [-0.1, -0.05) is 24.3 Å². The average Bonchev–Trinajstić information content (AvgIpc) is 2.85. The molecule has 2 aromatic carbocycles. The number of likely N-dealkylation sites (tertiary alicyclic amines) is 2. The van der Waals surface area contributed by atoms with Gasteiger partial charge in [0.15, 0.2) is 0 Å². The number of carbonyl (C=O) groups is 2. The van der Waals surface area contributed by atoms with Gasteiger partial charge in [0.2, 0.25) is 5.91 Å². The van der Waals surface area contributed by atoms with Crippen LogP contribution in [-0.2, 0) is 14.8 Å². The maximum absolute atomic E-state index is 13.3. The molecule has 0 spiro atoms. The maximum atomic E-state index is 13.3. The summed E-state index contributed by atoms with van der Waals surface area (Å²) in [6, 6.07) is 11.8. The monoisotopic (exact) mass is 483 g/mol. The van der Waals surface area contributed by atoms with E-state index in [-0.39, 0.29) is 22.6 Å². The standard InChI is InChI=1S/C26H33N3O4S/c1-19-10-11-22(34(32,33)27-24-9-5-4-8-20(24)2)18-23(19)26(31)29-16-12-21(13-17-29)25(30)28-14-6-3-7-15-28/h4-5,8-11,18,21,27H,3,6-7,12-17H2,1-2H3. The molecule has 1 N–H and O–H groups in total. The molecule has 0 unspecified atom stereocenters. The molecule has 7 nitrogen and oxygen atoms in total. The number of aryl methyl sites for hydroxylation is 2. The first kappa shape index (κ1) is 24.3. The van der Waals surface area contributed by atoms with Crippen molar-refractivity contribution in [2.24, 2.45) is 5.92 Å². The minimum atomic E-state index is -3.84. The van der Waals surface area contributed by atoms with Crippen LogP contribution in [0, 0.1) is 19.8 Å². The van der Waals surface area contributed by atoms with E-state index in [0.717, 1.165) is 37.1 Å². The molecule has 2 fully saturated rings. The summed E-state index contributed by atoms with van der Waals surface area (Å²) in [5.41, 5.74) is 2.44. The lowest BCUT2D eigenvalue weighted by molar-refractivity contribution is -0.137. The van der Waals surface area contributed by atoms with E-state index in [1.54, 1.807) is 23.1 Å². The zero-order chi connectivity index (χ0) is 24.3. The summed E-state index contributed by atoms with van der Waals surface area (Å²) in [7, 11) is -3.84. The van der Waals surface area contributed by atoms with Gasteiger partial charge in [0.25, 0.3) is 15.9 Å². The topological polar surface area (TPSA) is 86.8 Å². The number of piperidine rings is 2. The van der Waals surface area contributed by atoms with Crippen LogP contribution in [0.2, 0.25) is 0 Å². The molecule has 2 aliphatic rings. The van der Waals surface area contributed by atoms with Gasteiger partial charge in [-0.15, -0.1) is 0 Å². The van der Waals surface area contributed by atoms with Crippen molar-refractivity contribution in [1.82, 2.24) is 9.80 Å². The number of nitrogens with one attached hydrogen (secondary N) is 1. The van der Waals surface area contributed by atoms with Crippen molar-refractivity contribution in [1.29, 1.82) is 0 Å². The fourth-order valence-electron chi connectivity index (χ4n) is 4.76. The van der Waals surface area contributed by atoms with Crippen LogP contribution in [-0.4, -0.2) is 56.2 Å². The number of benzene rings is 2. The number of para-hydroxylation sites is 1. The predicted molar refractivity (Wildman–Crippen MR) is 132 cm³/mol. The molecular formula is C26H33N3O4S. The summed E-state index contributed by atoms with van der Waals surface area (Å²) in [5, 5.41) is 0. The Morgan fingerprint density at radius 1 is 0.853 bits per heavy atom. The number of hydrogen-bond acceptors (Lipinski definition) is 4. The predicted octanol–water partition coefficient (Wildman–Crippen LogP) is 3.97. The van der Waals surface area contributed by atoms with Gasteiger partial charge in [0, 0.05) is 37.7 Å². The molecule has 0 saturated carbocycles. The molecule has 34 heavy (non-hydrogen) atoms. The van der Waals surface area contributed by atoms with E-state index in [9.17, 15) is 18.0 Å². The van der Waals surface area contributed by atoms with E-state index >= 15 is 0 Å². The maximum Gasteiger partial charge on any atom is 0.261 e. The van der Waals surface area contributed by atoms with Gasteiger partial charge in [0.05, 0.1) is 10.6 Å². The van der Waals surface area contributed by atoms with Crippen LogP contribution >= 0.6 is 0 Å². The van der Waals surface area contributed by atoms with Crippen molar-refractivity contribution in [2.75, 3.05) is 30.9 Å². The molecule has 4 rings (SSSR count). The Morgan fingerprint density at radius 3 is 2.21 bits per heavy atom. The summed E-state index contributed by atoms with van der Waals surface area (Å²) in [6.07, 6.45) is 4.62. The molecule has 2 heterocycles. The van der Waals surface area contributed by atoms with Crippen LogP contribution in [0.4, 0.5) is 5.69 Å². The van der Waals surface area contributed by atoms with Crippen molar-refractivity contribution in [3.05, 3.63) is 59.2 Å². The lowest BCUT2D eigenvalue weighted by Gasteiger charge is -2.35. The molecule has 0 aliphatic carbocycles. The van der Waals surface area contributed by atoms with E-state index in [1.807, 2.05) is 30.9 Å². The van der Waals surface area contributed by atoms with Gasteiger partial charge in [-0.25, -0.2) is 8.42 Å². The number of carbonyl (C=O) groups excluding carboxylic acids is 2. The number of rotatable bonds is 5. The Hall–Kier alpha value is -2.87. The third-order valence-electron chi connectivity index (χ3n) is 6.94. The van der Waals surface area contributed by atoms with Crippen molar-refractivity contribution in [2.45, 2.75) is 50.8 Å². The van der Waals surface area contributed by atoms with Gasteiger partial charge in [-0.3, -0.25) is 14.3 Å². The first-order valence-corrected chi connectivity index (χ1v) is 13.5. The third-order valence-corrected chi connectivity index (χ3v) is 8.30. The van der Waals surface area contributed by atoms with Gasteiger partial charge in [-0.05, 0) is 75.3 Å². The first-order valence-electron chi connectivity index (χ1n) is 12.0. The minimum absolute atomic E-state index is 0.0340. The van der Waals surface area contributed by atoms with Gasteiger partial charge in [-0.2, -0.15) is 0 Å². The molecule has 2 aromatic rings. The highest BCUT2D eigenvalue weighted by molar-refractivity contribution is 7.92.